The van der Waals surface area contributed by atoms with Crippen LogP contribution in [0, 0.1) is 11.8 Å². The molecule has 0 aliphatic carbocycles. The van der Waals surface area contributed by atoms with Crippen molar-refractivity contribution in [2.75, 3.05) is 0 Å². The number of hydrogen-bond donors (Lipinski definition) is 7. The minimum atomic E-state index is -1.46. The van der Waals surface area contributed by atoms with Crippen LogP contribution in [0.25, 0.3) is 0 Å². The number of aliphatic hydroxyl groups excluding tert-OH is 1. The largest absolute Gasteiger partial charge is 0.480 e. The van der Waals surface area contributed by atoms with Crippen molar-refractivity contribution in [3.63, 3.8) is 0 Å². The van der Waals surface area contributed by atoms with Crippen LogP contribution in [0.1, 0.15) is 47.5 Å². The van der Waals surface area contributed by atoms with E-state index < -0.39 is 72.2 Å². The summed E-state index contributed by atoms with van der Waals surface area (Å²) in [5.74, 6) is -4.93. The Kier molecular flexibility index (Phi) is 11.7. The molecule has 12 nitrogen and oxygen atoms in total. The fourth-order valence-corrected chi connectivity index (χ4v) is 2.71. The molecular weight excluding hydrogens is 410 g/mol. The normalized spacial score (nSPS) is 16.0. The lowest BCUT2D eigenvalue weighted by molar-refractivity contribution is -0.143. The van der Waals surface area contributed by atoms with Gasteiger partial charge in [-0.3, -0.25) is 19.2 Å². The number of carbonyl (C=O) groups is 5. The third kappa shape index (κ3) is 10.2. The number of nitrogens with one attached hydrogen (secondary N) is 3. The van der Waals surface area contributed by atoms with E-state index in [1.165, 1.54) is 6.92 Å². The Bertz CT molecular complexity index is 666. The van der Waals surface area contributed by atoms with Gasteiger partial charge in [0.25, 0.3) is 0 Å². The second-order valence-electron chi connectivity index (χ2n) is 8.26. The van der Waals surface area contributed by atoms with Crippen molar-refractivity contribution in [2.45, 2.75) is 77.7 Å². The molecule has 9 N–H and O–H groups in total. The Morgan fingerprint density at radius 1 is 0.839 bits per heavy atom. The van der Waals surface area contributed by atoms with E-state index in [4.69, 9.17) is 11.5 Å². The molecule has 5 atom stereocenters. The molecule has 31 heavy (non-hydrogen) atoms. The third-order valence-electron chi connectivity index (χ3n) is 4.39. The predicted molar refractivity (Wildman–Crippen MR) is 111 cm³/mol. The topological polar surface area (TPSA) is 214 Å². The van der Waals surface area contributed by atoms with Crippen LogP contribution in [0.4, 0.5) is 0 Å². The van der Waals surface area contributed by atoms with Gasteiger partial charge < -0.3 is 37.6 Å². The average Bonchev–Trinajstić information content (AvgIpc) is 2.61. The van der Waals surface area contributed by atoms with Gasteiger partial charge in [-0.2, -0.15) is 0 Å². The first kappa shape index (κ1) is 28.3. The van der Waals surface area contributed by atoms with Gasteiger partial charge in [0.15, 0.2) is 0 Å². The van der Waals surface area contributed by atoms with Crippen LogP contribution in [-0.4, -0.2) is 70.1 Å². The fraction of sp³-hybridized carbons (Fsp3) is 0.737. The second-order valence-corrected chi connectivity index (χ2v) is 8.26. The van der Waals surface area contributed by atoms with Crippen molar-refractivity contribution >= 4 is 29.6 Å². The highest BCUT2D eigenvalue weighted by molar-refractivity contribution is 5.95. The monoisotopic (exact) mass is 445 g/mol. The molecular formula is C19H35N5O7. The lowest BCUT2D eigenvalue weighted by Crippen LogP contribution is -2.61. The molecule has 0 heterocycles. The van der Waals surface area contributed by atoms with Crippen LogP contribution >= 0.6 is 0 Å². The lowest BCUT2D eigenvalue weighted by Gasteiger charge is -2.28. The lowest BCUT2D eigenvalue weighted by atomic mass is 10.0. The van der Waals surface area contributed by atoms with Gasteiger partial charge >= 0.3 is 5.97 Å². The van der Waals surface area contributed by atoms with Crippen molar-refractivity contribution < 1.29 is 34.2 Å². The van der Waals surface area contributed by atoms with Crippen LogP contribution in [0.5, 0.6) is 0 Å². The standard InChI is InChI=1S/C19H35N5O7/c1-8(2)6-12(19(30)31)22-18(29)15(10(5)25)24-17(28)14(9(3)4)23-16(27)11(20)7-13(21)26/h8-12,14-15,25H,6-7,20H2,1-5H3,(H2,21,26)(H,22,29)(H,23,27)(H,24,28)(H,30,31). The number of amides is 4. The molecule has 0 bridgehead atoms. The van der Waals surface area contributed by atoms with Gasteiger partial charge in [0.05, 0.1) is 18.6 Å². The number of carboxylic acid groups (broad SMARTS) is 1. The number of hydrogen-bond acceptors (Lipinski definition) is 7. The molecule has 0 aromatic heterocycles. The number of carbonyl (C=O) groups excluding carboxylic acids is 4. The zero-order valence-electron chi connectivity index (χ0n) is 18.5. The molecule has 0 aliphatic heterocycles. The average molecular weight is 446 g/mol. The van der Waals surface area contributed by atoms with Gasteiger partial charge in [0.2, 0.25) is 23.6 Å². The number of aliphatic hydroxyl groups is 1. The molecule has 0 rings (SSSR count). The smallest absolute Gasteiger partial charge is 0.326 e. The summed E-state index contributed by atoms with van der Waals surface area (Å²) in [6, 6.07) is -5.04. The molecule has 12 heteroatoms. The molecule has 0 aromatic rings. The predicted octanol–water partition coefficient (Wildman–Crippen LogP) is -2.19. The zero-order chi connectivity index (χ0) is 24.5. The Balaban J connectivity index is 5.36. The maximum atomic E-state index is 12.7. The van der Waals surface area contributed by atoms with Gasteiger partial charge in [0, 0.05) is 0 Å². The molecule has 0 fully saturated rings. The first-order valence-electron chi connectivity index (χ1n) is 10.0. The Labute approximate surface area is 181 Å². The Morgan fingerprint density at radius 2 is 1.32 bits per heavy atom. The van der Waals surface area contributed by atoms with Crippen molar-refractivity contribution in [2.24, 2.45) is 23.3 Å². The summed E-state index contributed by atoms with van der Waals surface area (Å²) in [5.41, 5.74) is 10.6. The van der Waals surface area contributed by atoms with E-state index in [0.717, 1.165) is 0 Å². The van der Waals surface area contributed by atoms with Crippen molar-refractivity contribution in [1.82, 2.24) is 16.0 Å². The molecule has 0 saturated heterocycles. The fourth-order valence-electron chi connectivity index (χ4n) is 2.71. The summed E-state index contributed by atoms with van der Waals surface area (Å²) < 4.78 is 0. The van der Waals surface area contributed by atoms with Gasteiger partial charge in [-0.25, -0.2) is 4.79 Å². The second kappa shape index (κ2) is 12.8. The maximum Gasteiger partial charge on any atom is 0.326 e. The van der Waals surface area contributed by atoms with Crippen LogP contribution in [0.15, 0.2) is 0 Å². The van der Waals surface area contributed by atoms with E-state index in [1.54, 1.807) is 27.7 Å². The van der Waals surface area contributed by atoms with Crippen LogP contribution in [0.3, 0.4) is 0 Å². The third-order valence-corrected chi connectivity index (χ3v) is 4.39. The molecule has 4 amide bonds. The first-order chi connectivity index (χ1) is 14.2. The van der Waals surface area contributed by atoms with Gasteiger partial charge in [-0.1, -0.05) is 27.7 Å². The summed E-state index contributed by atoms with van der Waals surface area (Å²) in [4.78, 5) is 59.7. The van der Waals surface area contributed by atoms with Gasteiger partial charge in [-0.15, -0.1) is 0 Å². The molecule has 0 radical (unpaired) electrons. The Morgan fingerprint density at radius 3 is 1.71 bits per heavy atom. The van der Waals surface area contributed by atoms with Crippen LogP contribution in [-0.2, 0) is 24.0 Å². The molecule has 5 unspecified atom stereocenters. The minimum Gasteiger partial charge on any atom is -0.480 e. The molecule has 0 saturated carbocycles. The highest BCUT2D eigenvalue weighted by Gasteiger charge is 2.34. The maximum absolute atomic E-state index is 12.7. The number of nitrogens with two attached hydrogens (primary N) is 2. The summed E-state index contributed by atoms with van der Waals surface area (Å²) >= 11 is 0. The number of carboxylic acids is 1. The molecule has 0 spiro atoms. The van der Waals surface area contributed by atoms with Crippen molar-refractivity contribution in [3.05, 3.63) is 0 Å². The van der Waals surface area contributed by atoms with E-state index in [9.17, 15) is 34.2 Å². The van der Waals surface area contributed by atoms with E-state index in [1.807, 2.05) is 0 Å². The van der Waals surface area contributed by atoms with Crippen LogP contribution in [0.2, 0.25) is 0 Å². The minimum absolute atomic E-state index is 0.0221. The van der Waals surface area contributed by atoms with E-state index in [2.05, 4.69) is 16.0 Å². The number of aliphatic carboxylic acids is 1. The van der Waals surface area contributed by atoms with Crippen molar-refractivity contribution in [1.29, 1.82) is 0 Å². The van der Waals surface area contributed by atoms with E-state index in [-0.39, 0.29) is 12.3 Å². The van der Waals surface area contributed by atoms with E-state index >= 15 is 0 Å². The van der Waals surface area contributed by atoms with E-state index in [0.29, 0.717) is 0 Å². The molecule has 0 aromatic carbocycles. The van der Waals surface area contributed by atoms with Gasteiger partial charge in [-0.05, 0) is 25.2 Å². The number of primary amides is 1. The highest BCUT2D eigenvalue weighted by Crippen LogP contribution is 2.08. The molecule has 0 aliphatic rings. The quantitative estimate of drug-likeness (QED) is 0.165. The zero-order valence-corrected chi connectivity index (χ0v) is 18.5. The summed E-state index contributed by atoms with van der Waals surface area (Å²) in [6.07, 6.45) is -1.61. The van der Waals surface area contributed by atoms with Crippen LogP contribution < -0.4 is 27.4 Å². The molecule has 178 valence electrons. The Hall–Kier alpha value is -2.73. The SMILES string of the molecule is CC(C)CC(NC(=O)C(NC(=O)C(NC(=O)C(N)CC(N)=O)C(C)C)C(C)O)C(=O)O. The number of rotatable bonds is 13. The summed E-state index contributed by atoms with van der Waals surface area (Å²) in [7, 11) is 0. The summed E-state index contributed by atoms with van der Waals surface area (Å²) in [6.45, 7) is 8.09. The highest BCUT2D eigenvalue weighted by atomic mass is 16.4. The van der Waals surface area contributed by atoms with Crippen molar-refractivity contribution in [3.8, 4) is 0 Å². The van der Waals surface area contributed by atoms with Gasteiger partial charge in [0.1, 0.15) is 18.1 Å². The first-order valence-corrected chi connectivity index (χ1v) is 10.0. The summed E-state index contributed by atoms with van der Waals surface area (Å²) in [5, 5.41) is 26.3.